The molecular formula is C20H19N7O. The predicted octanol–water partition coefficient (Wildman–Crippen LogP) is 2.24. The van der Waals surface area contributed by atoms with Crippen molar-refractivity contribution in [1.29, 1.82) is 0 Å². The summed E-state index contributed by atoms with van der Waals surface area (Å²) in [6, 6.07) is 10.1. The average molecular weight is 373 g/mol. The molecule has 3 aromatic heterocycles. The molecule has 0 aliphatic carbocycles. The number of carbonyl (C=O) groups is 1. The van der Waals surface area contributed by atoms with Crippen molar-refractivity contribution in [2.24, 2.45) is 0 Å². The Balaban J connectivity index is 1.30. The van der Waals surface area contributed by atoms with Gasteiger partial charge in [-0.05, 0) is 5.56 Å². The molecule has 0 atom stereocenters. The number of fused-ring (bicyclic) bond motifs is 1. The van der Waals surface area contributed by atoms with Gasteiger partial charge in [0.25, 0.3) is 5.91 Å². The lowest BCUT2D eigenvalue weighted by atomic mass is 10.1. The van der Waals surface area contributed by atoms with E-state index in [1.165, 1.54) is 0 Å². The summed E-state index contributed by atoms with van der Waals surface area (Å²) in [5.74, 6) is 0.771. The fraction of sp³-hybridized carbons (Fsp3) is 0.200. The zero-order valence-corrected chi connectivity index (χ0v) is 15.2. The fourth-order valence-corrected chi connectivity index (χ4v) is 3.50. The first-order valence-corrected chi connectivity index (χ1v) is 9.19. The van der Waals surface area contributed by atoms with Crippen LogP contribution in [0.1, 0.15) is 27.3 Å². The molecule has 0 unspecified atom stereocenters. The lowest BCUT2D eigenvalue weighted by Crippen LogP contribution is -2.35. The topological polar surface area (TPSA) is 95.5 Å². The number of carbonyl (C=O) groups excluding carboxylic acids is 1. The maximum Gasteiger partial charge on any atom is 0.257 e. The zero-order chi connectivity index (χ0) is 18.9. The highest BCUT2D eigenvalue weighted by Crippen LogP contribution is 2.23. The fourth-order valence-electron chi connectivity index (χ4n) is 3.50. The van der Waals surface area contributed by atoms with Gasteiger partial charge in [-0.25, -0.2) is 4.98 Å². The van der Waals surface area contributed by atoms with Gasteiger partial charge >= 0.3 is 0 Å². The van der Waals surface area contributed by atoms with E-state index in [0.717, 1.165) is 34.8 Å². The van der Waals surface area contributed by atoms with Crippen LogP contribution in [0, 0.1) is 0 Å². The summed E-state index contributed by atoms with van der Waals surface area (Å²) >= 11 is 0. The first-order valence-electron chi connectivity index (χ1n) is 9.19. The number of nitrogens with one attached hydrogen (secondary N) is 2. The van der Waals surface area contributed by atoms with E-state index in [-0.39, 0.29) is 5.91 Å². The van der Waals surface area contributed by atoms with Gasteiger partial charge in [0.2, 0.25) is 0 Å². The standard InChI is InChI=1S/C20H19N7O/c28-20(16-10-23-27(12-16)11-14-4-2-1-3-5-14)26-7-6-17-18(13-26)25-19(24-17)15-8-21-22-9-15/h1-5,8-10,12H,6-7,11,13H2,(H,21,22)(H,24,25). The molecule has 1 aliphatic heterocycles. The molecule has 0 spiro atoms. The molecule has 0 fully saturated rings. The van der Waals surface area contributed by atoms with Crippen LogP contribution in [0.2, 0.25) is 0 Å². The summed E-state index contributed by atoms with van der Waals surface area (Å²) in [7, 11) is 0. The van der Waals surface area contributed by atoms with E-state index in [1.54, 1.807) is 23.3 Å². The van der Waals surface area contributed by atoms with Crippen molar-refractivity contribution in [3.8, 4) is 11.4 Å². The minimum atomic E-state index is -0.00979. The normalized spacial score (nSPS) is 13.5. The Morgan fingerprint density at radius 1 is 1.18 bits per heavy atom. The van der Waals surface area contributed by atoms with Gasteiger partial charge in [0, 0.05) is 25.4 Å². The van der Waals surface area contributed by atoms with Gasteiger partial charge in [0.1, 0.15) is 5.82 Å². The van der Waals surface area contributed by atoms with Gasteiger partial charge in [-0.15, -0.1) is 0 Å². The number of aromatic amines is 2. The molecule has 1 aliphatic rings. The molecular weight excluding hydrogens is 354 g/mol. The average Bonchev–Trinajstić information content (AvgIpc) is 3.47. The van der Waals surface area contributed by atoms with E-state index >= 15 is 0 Å². The number of benzene rings is 1. The third-order valence-electron chi connectivity index (χ3n) is 4.96. The largest absolute Gasteiger partial charge is 0.340 e. The van der Waals surface area contributed by atoms with E-state index in [9.17, 15) is 4.79 Å². The van der Waals surface area contributed by atoms with Gasteiger partial charge in [-0.3, -0.25) is 14.6 Å². The molecule has 2 N–H and O–H groups in total. The van der Waals surface area contributed by atoms with E-state index in [1.807, 2.05) is 41.4 Å². The second-order valence-electron chi connectivity index (χ2n) is 6.89. The summed E-state index contributed by atoms with van der Waals surface area (Å²) in [5.41, 5.74) is 4.66. The van der Waals surface area contributed by atoms with Crippen LogP contribution in [0.3, 0.4) is 0 Å². The minimum Gasteiger partial charge on any atom is -0.340 e. The van der Waals surface area contributed by atoms with Crippen molar-refractivity contribution in [3.05, 3.63) is 77.6 Å². The Morgan fingerprint density at radius 3 is 2.89 bits per heavy atom. The summed E-state index contributed by atoms with van der Waals surface area (Å²) in [6.07, 6.45) is 7.72. The predicted molar refractivity (Wildman–Crippen MR) is 102 cm³/mol. The van der Waals surface area contributed by atoms with Gasteiger partial charge in [0.05, 0.1) is 48.0 Å². The van der Waals surface area contributed by atoms with E-state index in [4.69, 9.17) is 0 Å². The number of imidazole rings is 1. The smallest absolute Gasteiger partial charge is 0.257 e. The lowest BCUT2D eigenvalue weighted by Gasteiger charge is -2.25. The second-order valence-corrected chi connectivity index (χ2v) is 6.89. The summed E-state index contributed by atoms with van der Waals surface area (Å²) in [5, 5.41) is 11.1. The maximum atomic E-state index is 12.9. The highest BCUT2D eigenvalue weighted by Gasteiger charge is 2.25. The van der Waals surface area contributed by atoms with Crippen LogP contribution in [0.25, 0.3) is 11.4 Å². The number of hydrogen-bond acceptors (Lipinski definition) is 4. The lowest BCUT2D eigenvalue weighted by molar-refractivity contribution is 0.0732. The number of aromatic nitrogens is 6. The van der Waals surface area contributed by atoms with Crippen LogP contribution in [0.4, 0.5) is 0 Å². The molecule has 8 heteroatoms. The number of H-pyrrole nitrogens is 2. The van der Waals surface area contributed by atoms with Crippen molar-refractivity contribution in [1.82, 2.24) is 34.8 Å². The number of rotatable bonds is 4. The monoisotopic (exact) mass is 373 g/mol. The van der Waals surface area contributed by atoms with Gasteiger partial charge in [-0.1, -0.05) is 30.3 Å². The quantitative estimate of drug-likeness (QED) is 0.573. The Labute approximate surface area is 161 Å². The molecule has 28 heavy (non-hydrogen) atoms. The molecule has 1 amide bonds. The third-order valence-corrected chi connectivity index (χ3v) is 4.96. The number of hydrogen-bond donors (Lipinski definition) is 2. The Kier molecular flexibility index (Phi) is 4.01. The third kappa shape index (κ3) is 3.09. The van der Waals surface area contributed by atoms with Crippen LogP contribution in [-0.4, -0.2) is 47.3 Å². The van der Waals surface area contributed by atoms with Crippen LogP contribution < -0.4 is 0 Å². The molecule has 1 aromatic carbocycles. The molecule has 8 nitrogen and oxygen atoms in total. The van der Waals surface area contributed by atoms with E-state index in [0.29, 0.717) is 25.2 Å². The maximum absolute atomic E-state index is 12.9. The van der Waals surface area contributed by atoms with Crippen molar-refractivity contribution in [2.75, 3.05) is 6.54 Å². The van der Waals surface area contributed by atoms with Crippen LogP contribution in [-0.2, 0) is 19.5 Å². The van der Waals surface area contributed by atoms with Crippen LogP contribution >= 0.6 is 0 Å². The Hall–Kier alpha value is -3.68. The van der Waals surface area contributed by atoms with E-state index < -0.39 is 0 Å². The molecule has 0 saturated heterocycles. The number of nitrogens with zero attached hydrogens (tertiary/aromatic N) is 5. The molecule has 4 aromatic rings. The Morgan fingerprint density at radius 2 is 2.07 bits per heavy atom. The van der Waals surface area contributed by atoms with Crippen molar-refractivity contribution >= 4 is 5.91 Å². The summed E-state index contributed by atoms with van der Waals surface area (Å²) < 4.78 is 1.80. The molecule has 4 heterocycles. The first-order chi connectivity index (χ1) is 13.8. The van der Waals surface area contributed by atoms with Gasteiger partial charge in [0.15, 0.2) is 0 Å². The zero-order valence-electron chi connectivity index (χ0n) is 15.2. The molecule has 0 radical (unpaired) electrons. The van der Waals surface area contributed by atoms with Gasteiger partial charge in [-0.2, -0.15) is 10.2 Å². The molecule has 5 rings (SSSR count). The highest BCUT2D eigenvalue weighted by atomic mass is 16.2. The first kappa shape index (κ1) is 16.5. The minimum absolute atomic E-state index is 0.00979. The number of amides is 1. The van der Waals surface area contributed by atoms with Crippen LogP contribution in [0.5, 0.6) is 0 Å². The second kappa shape index (κ2) is 6.80. The van der Waals surface area contributed by atoms with Crippen molar-refractivity contribution < 1.29 is 4.79 Å². The summed E-state index contributed by atoms with van der Waals surface area (Å²) in [6.45, 7) is 1.81. The summed E-state index contributed by atoms with van der Waals surface area (Å²) in [4.78, 5) is 22.7. The highest BCUT2D eigenvalue weighted by molar-refractivity contribution is 5.93. The SMILES string of the molecule is O=C(c1cnn(Cc2ccccc2)c1)N1CCc2nc(-c3cn[nH]c3)[nH]c2C1. The Bertz CT molecular complexity index is 1100. The van der Waals surface area contributed by atoms with Gasteiger partial charge < -0.3 is 9.88 Å². The molecule has 0 saturated carbocycles. The van der Waals surface area contributed by atoms with Crippen molar-refractivity contribution in [2.45, 2.75) is 19.5 Å². The molecule has 140 valence electrons. The van der Waals surface area contributed by atoms with Crippen LogP contribution in [0.15, 0.2) is 55.1 Å². The van der Waals surface area contributed by atoms with E-state index in [2.05, 4.69) is 25.3 Å². The molecule has 0 bridgehead atoms. The van der Waals surface area contributed by atoms with Crippen molar-refractivity contribution in [3.63, 3.8) is 0 Å².